The number of hydrogen-bond acceptors (Lipinski definition) is 5. The van der Waals surface area contributed by atoms with Crippen molar-refractivity contribution in [2.24, 2.45) is 11.8 Å². The summed E-state index contributed by atoms with van der Waals surface area (Å²) in [6, 6.07) is 5.51. The summed E-state index contributed by atoms with van der Waals surface area (Å²) >= 11 is 0. The number of nitrogens with zero attached hydrogens (tertiary/aromatic N) is 2. The smallest absolute Gasteiger partial charge is 0.303 e. The van der Waals surface area contributed by atoms with Gasteiger partial charge in [0.05, 0.1) is 26.3 Å². The maximum Gasteiger partial charge on any atom is 0.303 e. The third-order valence-electron chi connectivity index (χ3n) is 6.60. The molecule has 2 aromatic rings. The molecule has 2 aromatic heterocycles. The Labute approximate surface area is 181 Å². The Morgan fingerprint density at radius 2 is 1.94 bits per heavy atom. The van der Waals surface area contributed by atoms with Crippen molar-refractivity contribution in [3.05, 3.63) is 47.5 Å². The van der Waals surface area contributed by atoms with E-state index >= 15 is 0 Å². The predicted octanol–water partition coefficient (Wildman–Crippen LogP) is 4.95. The Balaban J connectivity index is 1.31. The Hall–Kier alpha value is -2.70. The first-order valence-electron chi connectivity index (χ1n) is 11.0. The van der Waals surface area contributed by atoms with Crippen LogP contribution in [0.25, 0.3) is 0 Å². The fraction of sp³-hybridized carbons (Fsp3) is 0.542. The molecule has 2 heterocycles. The van der Waals surface area contributed by atoms with Crippen molar-refractivity contribution in [3.63, 3.8) is 0 Å². The second-order valence-electron chi connectivity index (χ2n) is 8.75. The molecule has 0 unspecified atom stereocenters. The van der Waals surface area contributed by atoms with Crippen molar-refractivity contribution in [3.8, 4) is 11.8 Å². The van der Waals surface area contributed by atoms with Crippen LogP contribution < -0.4 is 9.47 Å². The molecule has 0 bridgehead atoms. The molecule has 1 N–H and O–H groups in total. The zero-order chi connectivity index (χ0) is 21.8. The molecule has 2 fully saturated rings. The molecular formula is C24H29FN2O4. The molecule has 2 aliphatic carbocycles. The van der Waals surface area contributed by atoms with Gasteiger partial charge < -0.3 is 14.6 Å². The second-order valence-corrected chi connectivity index (χ2v) is 8.75. The van der Waals surface area contributed by atoms with Gasteiger partial charge >= 0.3 is 5.97 Å². The number of methoxy groups -OCH3 is 1. The summed E-state index contributed by atoms with van der Waals surface area (Å²) in [4.78, 5) is 19.5. The van der Waals surface area contributed by atoms with Crippen molar-refractivity contribution < 1.29 is 23.8 Å². The molecule has 1 atom stereocenters. The highest BCUT2D eigenvalue weighted by molar-refractivity contribution is 5.68. The lowest BCUT2D eigenvalue weighted by molar-refractivity contribution is -0.137. The van der Waals surface area contributed by atoms with Crippen LogP contribution in [0.2, 0.25) is 0 Å². The maximum absolute atomic E-state index is 14.2. The summed E-state index contributed by atoms with van der Waals surface area (Å²) in [5, 5.41) is 9.23. The summed E-state index contributed by atoms with van der Waals surface area (Å²) in [6.45, 7) is 0.568. The molecule has 6 nitrogen and oxygen atoms in total. The number of ether oxygens (including phenoxy) is 2. The van der Waals surface area contributed by atoms with Gasteiger partial charge in [0.15, 0.2) is 0 Å². The van der Waals surface area contributed by atoms with Crippen LogP contribution in [0.4, 0.5) is 4.39 Å². The monoisotopic (exact) mass is 428 g/mol. The van der Waals surface area contributed by atoms with Crippen molar-refractivity contribution in [1.82, 2.24) is 9.97 Å². The average Bonchev–Trinajstić information content (AvgIpc) is 3.62. The van der Waals surface area contributed by atoms with E-state index < -0.39 is 5.97 Å². The molecule has 0 aliphatic heterocycles. The molecule has 31 heavy (non-hydrogen) atoms. The van der Waals surface area contributed by atoms with Crippen LogP contribution in [0, 0.1) is 17.7 Å². The quantitative estimate of drug-likeness (QED) is 0.609. The zero-order valence-corrected chi connectivity index (χ0v) is 17.8. The van der Waals surface area contributed by atoms with Crippen LogP contribution in [-0.4, -0.2) is 34.8 Å². The number of carboxylic acids is 1. The normalized spacial score (nSPS) is 22.0. The van der Waals surface area contributed by atoms with E-state index in [9.17, 15) is 14.3 Å². The Bertz CT molecular complexity index is 910. The van der Waals surface area contributed by atoms with Crippen LogP contribution in [0.5, 0.6) is 11.8 Å². The van der Waals surface area contributed by atoms with E-state index in [1.807, 2.05) is 12.1 Å². The van der Waals surface area contributed by atoms with Crippen molar-refractivity contribution in [1.29, 1.82) is 0 Å². The Kier molecular flexibility index (Phi) is 6.68. The Morgan fingerprint density at radius 1 is 1.16 bits per heavy atom. The minimum absolute atomic E-state index is 0.0329. The van der Waals surface area contributed by atoms with Gasteiger partial charge in [-0.05, 0) is 79.4 Å². The third-order valence-corrected chi connectivity index (χ3v) is 6.60. The molecule has 4 rings (SSSR count). The highest BCUT2D eigenvalue weighted by atomic mass is 19.1. The molecule has 2 saturated carbocycles. The summed E-state index contributed by atoms with van der Waals surface area (Å²) in [7, 11) is 1.54. The van der Waals surface area contributed by atoms with Crippen molar-refractivity contribution in [2.45, 2.75) is 56.8 Å². The SMILES string of the molecule is COc1cc(C2CCC(COc3cc([C@H](CC(=O)O)C4CC4)ccn3)CC2)c(F)cn1. The number of hydrogen-bond donors (Lipinski definition) is 1. The number of carboxylic acid groups (broad SMARTS) is 1. The van der Waals surface area contributed by atoms with Gasteiger partial charge in [-0.1, -0.05) is 0 Å². The first-order chi connectivity index (χ1) is 15.0. The van der Waals surface area contributed by atoms with Gasteiger partial charge in [0, 0.05) is 18.3 Å². The second kappa shape index (κ2) is 9.62. The zero-order valence-electron chi connectivity index (χ0n) is 17.8. The average molecular weight is 429 g/mol. The number of rotatable bonds is 9. The van der Waals surface area contributed by atoms with E-state index in [1.165, 1.54) is 13.3 Å². The highest BCUT2D eigenvalue weighted by Gasteiger charge is 2.34. The van der Waals surface area contributed by atoms with Crippen LogP contribution in [-0.2, 0) is 4.79 Å². The third kappa shape index (κ3) is 5.51. The number of halogens is 1. The van der Waals surface area contributed by atoms with E-state index in [0.717, 1.165) is 44.1 Å². The van der Waals surface area contributed by atoms with Crippen molar-refractivity contribution >= 4 is 5.97 Å². The summed E-state index contributed by atoms with van der Waals surface area (Å²) in [5.41, 5.74) is 1.69. The minimum Gasteiger partial charge on any atom is -0.481 e. The van der Waals surface area contributed by atoms with E-state index in [4.69, 9.17) is 9.47 Å². The molecule has 0 spiro atoms. The van der Waals surface area contributed by atoms with Gasteiger partial charge in [-0.2, -0.15) is 0 Å². The molecule has 0 radical (unpaired) electrons. The molecule has 7 heteroatoms. The summed E-state index contributed by atoms with van der Waals surface area (Å²) in [5.74, 6) is 1.01. The van der Waals surface area contributed by atoms with Gasteiger partial charge in [-0.3, -0.25) is 4.79 Å². The fourth-order valence-electron chi connectivity index (χ4n) is 4.68. The van der Waals surface area contributed by atoms with Crippen LogP contribution in [0.15, 0.2) is 30.6 Å². The predicted molar refractivity (Wildman–Crippen MR) is 113 cm³/mol. The van der Waals surface area contributed by atoms with E-state index in [0.29, 0.717) is 35.8 Å². The molecule has 0 amide bonds. The van der Waals surface area contributed by atoms with Gasteiger partial charge in [-0.25, -0.2) is 14.4 Å². The molecule has 0 saturated heterocycles. The standard InChI is InChI=1S/C24H29FN2O4/c1-30-22-11-20(21(25)13-27-22)17-4-2-15(3-5-17)14-31-23-10-18(8-9-26-23)19(12-24(28)29)16-6-7-16/h8-11,13,15-17,19H,2-7,12,14H2,1H3,(H,28,29)/t15?,17?,19-/m1/s1. The first-order valence-corrected chi connectivity index (χ1v) is 11.0. The molecule has 166 valence electrons. The number of carbonyl (C=O) groups is 1. The van der Waals surface area contributed by atoms with Crippen LogP contribution in [0.1, 0.15) is 67.9 Å². The lowest BCUT2D eigenvalue weighted by atomic mass is 9.79. The van der Waals surface area contributed by atoms with Crippen LogP contribution in [0.3, 0.4) is 0 Å². The van der Waals surface area contributed by atoms with E-state index in [-0.39, 0.29) is 24.1 Å². The molecular weight excluding hydrogens is 399 g/mol. The van der Waals surface area contributed by atoms with E-state index in [1.54, 1.807) is 12.3 Å². The lowest BCUT2D eigenvalue weighted by Gasteiger charge is -2.29. The summed E-state index contributed by atoms with van der Waals surface area (Å²) in [6.07, 6.45) is 8.97. The van der Waals surface area contributed by atoms with Gasteiger partial charge in [0.1, 0.15) is 5.82 Å². The number of aliphatic carboxylic acids is 1. The van der Waals surface area contributed by atoms with Crippen molar-refractivity contribution in [2.75, 3.05) is 13.7 Å². The fourth-order valence-corrected chi connectivity index (χ4v) is 4.68. The maximum atomic E-state index is 14.2. The van der Waals surface area contributed by atoms with Crippen LogP contribution >= 0.6 is 0 Å². The minimum atomic E-state index is -0.767. The van der Waals surface area contributed by atoms with E-state index in [2.05, 4.69) is 9.97 Å². The molecule has 0 aromatic carbocycles. The summed E-state index contributed by atoms with van der Waals surface area (Å²) < 4.78 is 25.3. The molecule has 2 aliphatic rings. The van der Waals surface area contributed by atoms with Gasteiger partial charge in [-0.15, -0.1) is 0 Å². The van der Waals surface area contributed by atoms with Gasteiger partial charge in [0.2, 0.25) is 11.8 Å². The topological polar surface area (TPSA) is 81.5 Å². The number of aromatic nitrogens is 2. The Morgan fingerprint density at radius 3 is 2.61 bits per heavy atom. The largest absolute Gasteiger partial charge is 0.481 e. The first kappa shape index (κ1) is 21.5. The number of pyridine rings is 2. The lowest BCUT2D eigenvalue weighted by Crippen LogP contribution is -2.20. The van der Waals surface area contributed by atoms with Gasteiger partial charge in [0.25, 0.3) is 0 Å². The highest BCUT2D eigenvalue weighted by Crippen LogP contribution is 2.45.